The summed E-state index contributed by atoms with van der Waals surface area (Å²) in [7, 11) is 0. The lowest BCUT2D eigenvalue weighted by Gasteiger charge is -2.37. The zero-order valence-corrected chi connectivity index (χ0v) is 13.2. The molecule has 0 saturated carbocycles. The Bertz CT molecular complexity index is 335. The van der Waals surface area contributed by atoms with E-state index in [4.69, 9.17) is 0 Å². The van der Waals surface area contributed by atoms with Crippen molar-refractivity contribution in [3.8, 4) is 0 Å². The minimum absolute atomic E-state index is 0. The van der Waals surface area contributed by atoms with Crippen molar-refractivity contribution in [3.05, 3.63) is 0 Å². The molecule has 0 aliphatic carbocycles. The molecule has 0 unspecified atom stereocenters. The third kappa shape index (κ3) is 4.09. The van der Waals surface area contributed by atoms with E-state index in [2.05, 4.69) is 5.32 Å². The van der Waals surface area contributed by atoms with Gasteiger partial charge in [0.1, 0.15) is 0 Å². The van der Waals surface area contributed by atoms with E-state index in [1.807, 2.05) is 23.6 Å². The second-order valence-electron chi connectivity index (χ2n) is 5.81. The van der Waals surface area contributed by atoms with Gasteiger partial charge in [-0.2, -0.15) is 0 Å². The minimum atomic E-state index is 0. The van der Waals surface area contributed by atoms with E-state index in [1.165, 1.54) is 6.42 Å². The summed E-state index contributed by atoms with van der Waals surface area (Å²) in [5.74, 6) is 0.460. The van der Waals surface area contributed by atoms with Gasteiger partial charge in [0.15, 0.2) is 0 Å². The first-order chi connectivity index (χ1) is 9.09. The number of piperazine rings is 1. The Morgan fingerprint density at radius 3 is 2.15 bits per heavy atom. The van der Waals surface area contributed by atoms with Crippen molar-refractivity contribution in [2.75, 3.05) is 32.7 Å². The molecule has 0 spiro atoms. The van der Waals surface area contributed by atoms with Crippen molar-refractivity contribution in [3.63, 3.8) is 0 Å². The maximum atomic E-state index is 12.3. The lowest BCUT2D eigenvalue weighted by atomic mass is 10.0. The first-order valence-electron chi connectivity index (χ1n) is 7.40. The van der Waals surface area contributed by atoms with Gasteiger partial charge < -0.3 is 15.1 Å². The predicted molar refractivity (Wildman–Crippen MR) is 80.9 cm³/mol. The van der Waals surface area contributed by atoms with Crippen LogP contribution >= 0.6 is 12.4 Å². The topological polar surface area (TPSA) is 52.7 Å². The van der Waals surface area contributed by atoms with Gasteiger partial charge >= 0.3 is 0 Å². The number of carbonyl (C=O) groups is 2. The smallest absolute Gasteiger partial charge is 0.239 e. The fraction of sp³-hybridized carbons (Fsp3) is 0.857. The van der Waals surface area contributed by atoms with Gasteiger partial charge in [-0.05, 0) is 19.4 Å². The molecule has 6 heteroatoms. The van der Waals surface area contributed by atoms with Crippen LogP contribution in [0.25, 0.3) is 0 Å². The highest BCUT2D eigenvalue weighted by Crippen LogP contribution is 2.13. The fourth-order valence-corrected chi connectivity index (χ4v) is 2.80. The molecule has 0 radical (unpaired) electrons. The van der Waals surface area contributed by atoms with E-state index in [0.717, 1.165) is 19.4 Å². The summed E-state index contributed by atoms with van der Waals surface area (Å²) in [6.07, 6.45) is 3.25. The Labute approximate surface area is 127 Å². The quantitative estimate of drug-likeness (QED) is 0.824. The van der Waals surface area contributed by atoms with Gasteiger partial charge in [-0.15, -0.1) is 12.4 Å². The van der Waals surface area contributed by atoms with Crippen LogP contribution in [0.3, 0.4) is 0 Å². The van der Waals surface area contributed by atoms with Gasteiger partial charge in [0, 0.05) is 32.1 Å². The summed E-state index contributed by atoms with van der Waals surface area (Å²) in [5.41, 5.74) is 0. The molecule has 2 rings (SSSR count). The molecule has 0 aromatic carbocycles. The third-order valence-corrected chi connectivity index (χ3v) is 4.01. The molecule has 1 N–H and O–H groups in total. The van der Waals surface area contributed by atoms with Crippen molar-refractivity contribution in [2.24, 2.45) is 5.92 Å². The van der Waals surface area contributed by atoms with Crippen LogP contribution in [0.5, 0.6) is 0 Å². The van der Waals surface area contributed by atoms with E-state index in [1.54, 1.807) is 0 Å². The van der Waals surface area contributed by atoms with E-state index >= 15 is 0 Å². The predicted octanol–water partition coefficient (Wildman–Crippen LogP) is 0.877. The summed E-state index contributed by atoms with van der Waals surface area (Å²) in [5, 5.41) is 3.30. The summed E-state index contributed by atoms with van der Waals surface area (Å²) < 4.78 is 0. The van der Waals surface area contributed by atoms with E-state index in [9.17, 15) is 9.59 Å². The van der Waals surface area contributed by atoms with Crippen LogP contribution in [0.1, 0.15) is 33.1 Å². The highest BCUT2D eigenvalue weighted by molar-refractivity contribution is 5.85. The summed E-state index contributed by atoms with van der Waals surface area (Å²) in [4.78, 5) is 28.0. The number of piperidine rings is 1. The number of hydrogen-bond acceptors (Lipinski definition) is 3. The van der Waals surface area contributed by atoms with Gasteiger partial charge in [0.2, 0.25) is 11.8 Å². The number of nitrogens with one attached hydrogen (secondary N) is 1. The van der Waals surface area contributed by atoms with E-state index < -0.39 is 0 Å². The van der Waals surface area contributed by atoms with Gasteiger partial charge in [0.25, 0.3) is 0 Å². The van der Waals surface area contributed by atoms with Gasteiger partial charge in [-0.25, -0.2) is 0 Å². The second-order valence-corrected chi connectivity index (χ2v) is 5.81. The zero-order valence-electron chi connectivity index (χ0n) is 12.4. The number of hydrogen-bond donors (Lipinski definition) is 1. The maximum Gasteiger partial charge on any atom is 0.239 e. The molecule has 5 nitrogen and oxygen atoms in total. The molecule has 0 aromatic heterocycles. The normalized spacial score (nSPS) is 23.4. The van der Waals surface area contributed by atoms with Crippen LogP contribution in [-0.4, -0.2) is 60.4 Å². The van der Waals surface area contributed by atoms with Crippen LogP contribution in [0, 0.1) is 5.92 Å². The summed E-state index contributed by atoms with van der Waals surface area (Å²) in [6, 6.07) is 0.00102. The summed E-state index contributed by atoms with van der Waals surface area (Å²) >= 11 is 0. The molecular weight excluding hydrogens is 278 g/mol. The molecule has 20 heavy (non-hydrogen) atoms. The SMILES string of the molecule is CC(C)C(=O)N1CCN(C(=O)[C@H]2CCCCN2)CC1.Cl. The first-order valence-corrected chi connectivity index (χ1v) is 7.40. The number of nitrogens with zero attached hydrogens (tertiary/aromatic N) is 2. The molecule has 2 saturated heterocycles. The van der Waals surface area contributed by atoms with Crippen molar-refractivity contribution in [1.29, 1.82) is 0 Å². The number of carbonyl (C=O) groups excluding carboxylic acids is 2. The molecule has 0 aromatic rings. The van der Waals surface area contributed by atoms with Crippen molar-refractivity contribution in [2.45, 2.75) is 39.2 Å². The lowest BCUT2D eigenvalue weighted by Crippen LogP contribution is -2.56. The monoisotopic (exact) mass is 303 g/mol. The van der Waals surface area contributed by atoms with Crippen LogP contribution in [0.15, 0.2) is 0 Å². The van der Waals surface area contributed by atoms with Crippen molar-refractivity contribution in [1.82, 2.24) is 15.1 Å². The number of rotatable bonds is 2. The molecule has 2 fully saturated rings. The molecule has 2 aliphatic heterocycles. The van der Waals surface area contributed by atoms with Crippen molar-refractivity contribution >= 4 is 24.2 Å². The molecule has 116 valence electrons. The van der Waals surface area contributed by atoms with Crippen LogP contribution < -0.4 is 5.32 Å². The average Bonchev–Trinajstić information content (AvgIpc) is 2.46. The Kier molecular flexibility index (Phi) is 6.76. The number of amides is 2. The third-order valence-electron chi connectivity index (χ3n) is 4.01. The molecule has 2 aliphatic rings. The van der Waals surface area contributed by atoms with Crippen molar-refractivity contribution < 1.29 is 9.59 Å². The Morgan fingerprint density at radius 1 is 1.05 bits per heavy atom. The highest BCUT2D eigenvalue weighted by Gasteiger charge is 2.29. The molecule has 0 bridgehead atoms. The van der Waals surface area contributed by atoms with Crippen LogP contribution in [0.4, 0.5) is 0 Å². The van der Waals surface area contributed by atoms with Crippen LogP contribution in [0.2, 0.25) is 0 Å². The van der Waals surface area contributed by atoms with Gasteiger partial charge in [-0.1, -0.05) is 20.3 Å². The van der Waals surface area contributed by atoms with Gasteiger partial charge in [-0.3, -0.25) is 9.59 Å². The largest absolute Gasteiger partial charge is 0.339 e. The number of halogens is 1. The first kappa shape index (κ1) is 17.2. The molecule has 1 atom stereocenters. The van der Waals surface area contributed by atoms with Gasteiger partial charge in [0.05, 0.1) is 6.04 Å². The Balaban J connectivity index is 0.00000200. The Hall–Kier alpha value is -0.810. The standard InChI is InChI=1S/C14H25N3O2.ClH/c1-11(2)13(18)16-7-9-17(10-8-16)14(19)12-5-3-4-6-15-12;/h11-12,15H,3-10H2,1-2H3;1H/t12-;/m1./s1. The zero-order chi connectivity index (χ0) is 13.8. The average molecular weight is 304 g/mol. The summed E-state index contributed by atoms with van der Waals surface area (Å²) in [6.45, 7) is 7.50. The fourth-order valence-electron chi connectivity index (χ4n) is 2.80. The maximum absolute atomic E-state index is 12.3. The molecular formula is C14H26ClN3O2. The van der Waals surface area contributed by atoms with E-state index in [0.29, 0.717) is 26.2 Å². The second kappa shape index (κ2) is 7.84. The van der Waals surface area contributed by atoms with E-state index in [-0.39, 0.29) is 36.2 Å². The Morgan fingerprint density at radius 2 is 1.65 bits per heavy atom. The molecule has 2 heterocycles. The minimum Gasteiger partial charge on any atom is -0.339 e. The lowest BCUT2D eigenvalue weighted by molar-refractivity contribution is -0.142. The highest BCUT2D eigenvalue weighted by atomic mass is 35.5. The molecule has 2 amide bonds. The van der Waals surface area contributed by atoms with Crippen LogP contribution in [-0.2, 0) is 9.59 Å².